The molecule has 0 aromatic heterocycles. The van der Waals surface area contributed by atoms with Gasteiger partial charge in [0.05, 0.1) is 16.3 Å². The van der Waals surface area contributed by atoms with Crippen LogP contribution < -0.4 is 11.1 Å². The highest BCUT2D eigenvalue weighted by Crippen LogP contribution is 2.24. The Kier molecular flexibility index (Phi) is 5.82. The Bertz CT molecular complexity index is 398. The van der Waals surface area contributed by atoms with Gasteiger partial charge in [-0.15, -0.1) is 0 Å². The first kappa shape index (κ1) is 13.8. The molecule has 0 amide bonds. The van der Waals surface area contributed by atoms with Crippen LogP contribution in [0.5, 0.6) is 0 Å². The van der Waals surface area contributed by atoms with Crippen LogP contribution in [0.15, 0.2) is 18.2 Å². The Balaban J connectivity index is 2.79. The molecular formula is C13H18ClN3. The first-order valence-electron chi connectivity index (χ1n) is 5.88. The van der Waals surface area contributed by atoms with Crippen LogP contribution in [-0.4, -0.2) is 12.6 Å². The third kappa shape index (κ3) is 3.92. The van der Waals surface area contributed by atoms with E-state index in [4.69, 9.17) is 22.6 Å². The average molecular weight is 252 g/mol. The minimum atomic E-state index is 0.195. The summed E-state index contributed by atoms with van der Waals surface area (Å²) < 4.78 is 0. The number of nitrogens with one attached hydrogen (secondary N) is 1. The number of halogens is 1. The summed E-state index contributed by atoms with van der Waals surface area (Å²) in [6, 6.07) is 7.72. The molecule has 3 nitrogen and oxygen atoms in total. The van der Waals surface area contributed by atoms with Crippen LogP contribution in [0.25, 0.3) is 0 Å². The highest BCUT2D eigenvalue weighted by atomic mass is 35.5. The number of hydrogen-bond donors (Lipinski definition) is 2. The molecule has 0 bridgehead atoms. The fourth-order valence-electron chi connectivity index (χ4n) is 1.68. The average Bonchev–Trinajstić information content (AvgIpc) is 2.34. The molecule has 0 fully saturated rings. The summed E-state index contributed by atoms with van der Waals surface area (Å²) in [5.74, 6) is 0. The molecule has 4 heteroatoms. The molecule has 0 saturated carbocycles. The number of nitriles is 1. The SMILES string of the molecule is CCCCC(CN)Nc1cccc(Cl)c1C#N. The van der Waals surface area contributed by atoms with Gasteiger partial charge in [-0.05, 0) is 18.6 Å². The van der Waals surface area contributed by atoms with Gasteiger partial charge < -0.3 is 11.1 Å². The van der Waals surface area contributed by atoms with Crippen LogP contribution in [0.1, 0.15) is 31.7 Å². The molecular weight excluding hydrogens is 234 g/mol. The molecule has 17 heavy (non-hydrogen) atoms. The topological polar surface area (TPSA) is 61.8 Å². The van der Waals surface area contributed by atoms with Crippen molar-refractivity contribution >= 4 is 17.3 Å². The maximum Gasteiger partial charge on any atom is 0.103 e. The van der Waals surface area contributed by atoms with Gasteiger partial charge in [0.1, 0.15) is 6.07 Å². The zero-order chi connectivity index (χ0) is 12.7. The van der Waals surface area contributed by atoms with Crippen LogP contribution >= 0.6 is 11.6 Å². The molecule has 1 aromatic rings. The highest BCUT2D eigenvalue weighted by molar-refractivity contribution is 6.32. The number of anilines is 1. The first-order valence-corrected chi connectivity index (χ1v) is 6.26. The summed E-state index contributed by atoms with van der Waals surface area (Å²) in [5, 5.41) is 12.8. The third-order valence-electron chi connectivity index (χ3n) is 2.68. The molecule has 92 valence electrons. The summed E-state index contributed by atoms with van der Waals surface area (Å²) >= 11 is 5.97. The molecule has 0 aliphatic heterocycles. The van der Waals surface area contributed by atoms with E-state index in [2.05, 4.69) is 18.3 Å². The second-order valence-corrected chi connectivity index (χ2v) is 4.40. The van der Waals surface area contributed by atoms with Gasteiger partial charge in [0, 0.05) is 12.6 Å². The molecule has 1 unspecified atom stereocenters. The lowest BCUT2D eigenvalue weighted by Gasteiger charge is -2.18. The maximum atomic E-state index is 9.06. The highest BCUT2D eigenvalue weighted by Gasteiger charge is 2.10. The zero-order valence-corrected chi connectivity index (χ0v) is 10.8. The Morgan fingerprint density at radius 1 is 1.53 bits per heavy atom. The number of nitrogens with zero attached hydrogens (tertiary/aromatic N) is 1. The van der Waals surface area contributed by atoms with Crippen molar-refractivity contribution in [3.05, 3.63) is 28.8 Å². The number of benzene rings is 1. The van der Waals surface area contributed by atoms with E-state index in [1.807, 2.05) is 12.1 Å². The standard InChI is InChI=1S/C13H18ClN3/c1-2-3-5-10(8-15)17-13-7-4-6-12(14)11(13)9-16/h4,6-7,10,17H,2-3,5,8,15H2,1H3. The van der Waals surface area contributed by atoms with Gasteiger partial charge in [-0.2, -0.15) is 5.26 Å². The van der Waals surface area contributed by atoms with Gasteiger partial charge in [0.25, 0.3) is 0 Å². The van der Waals surface area contributed by atoms with E-state index in [0.29, 0.717) is 17.1 Å². The molecule has 0 heterocycles. The van der Waals surface area contributed by atoms with Gasteiger partial charge in [-0.3, -0.25) is 0 Å². The first-order chi connectivity index (χ1) is 8.22. The largest absolute Gasteiger partial charge is 0.380 e. The number of hydrogen-bond acceptors (Lipinski definition) is 3. The van der Waals surface area contributed by atoms with Gasteiger partial charge in [0.15, 0.2) is 0 Å². The summed E-state index contributed by atoms with van der Waals surface area (Å²) in [7, 11) is 0. The number of unbranched alkanes of at least 4 members (excludes halogenated alkanes) is 1. The van der Waals surface area contributed by atoms with E-state index in [-0.39, 0.29) is 6.04 Å². The minimum absolute atomic E-state index is 0.195. The lowest BCUT2D eigenvalue weighted by Crippen LogP contribution is -2.29. The quantitative estimate of drug-likeness (QED) is 0.817. The molecule has 0 spiro atoms. The van der Waals surface area contributed by atoms with Crippen LogP contribution in [0.4, 0.5) is 5.69 Å². The number of nitrogens with two attached hydrogens (primary N) is 1. The van der Waals surface area contributed by atoms with E-state index in [0.717, 1.165) is 24.9 Å². The van der Waals surface area contributed by atoms with Crippen LogP contribution in [0.2, 0.25) is 5.02 Å². The van der Waals surface area contributed by atoms with Crippen molar-refractivity contribution in [2.45, 2.75) is 32.2 Å². The van der Waals surface area contributed by atoms with E-state index in [9.17, 15) is 0 Å². The van der Waals surface area contributed by atoms with Gasteiger partial charge in [-0.1, -0.05) is 37.4 Å². The molecule has 0 saturated heterocycles. The van der Waals surface area contributed by atoms with Crippen LogP contribution in [0, 0.1) is 11.3 Å². The summed E-state index contributed by atoms with van der Waals surface area (Å²) in [6.07, 6.45) is 3.26. The normalized spacial score (nSPS) is 11.9. The van der Waals surface area contributed by atoms with E-state index < -0.39 is 0 Å². The van der Waals surface area contributed by atoms with Crippen molar-refractivity contribution in [3.63, 3.8) is 0 Å². The third-order valence-corrected chi connectivity index (χ3v) is 2.99. The molecule has 0 aliphatic carbocycles. The van der Waals surface area contributed by atoms with Crippen molar-refractivity contribution in [2.24, 2.45) is 5.73 Å². The molecule has 0 radical (unpaired) electrons. The van der Waals surface area contributed by atoms with E-state index >= 15 is 0 Å². The molecule has 3 N–H and O–H groups in total. The Morgan fingerprint density at radius 2 is 2.29 bits per heavy atom. The predicted octanol–water partition coefficient (Wildman–Crippen LogP) is 3.14. The smallest absolute Gasteiger partial charge is 0.103 e. The molecule has 1 rings (SSSR count). The van der Waals surface area contributed by atoms with E-state index in [1.54, 1.807) is 6.07 Å². The van der Waals surface area contributed by atoms with E-state index in [1.165, 1.54) is 0 Å². The molecule has 0 aliphatic rings. The lowest BCUT2D eigenvalue weighted by molar-refractivity contribution is 0.614. The zero-order valence-electron chi connectivity index (χ0n) is 10.0. The van der Waals surface area contributed by atoms with Gasteiger partial charge in [0.2, 0.25) is 0 Å². The Hall–Kier alpha value is -1.24. The van der Waals surface area contributed by atoms with Crippen LogP contribution in [-0.2, 0) is 0 Å². The Morgan fingerprint density at radius 3 is 2.88 bits per heavy atom. The lowest BCUT2D eigenvalue weighted by atomic mass is 10.1. The fourth-order valence-corrected chi connectivity index (χ4v) is 1.89. The second kappa shape index (κ2) is 7.16. The molecule has 1 atom stereocenters. The van der Waals surface area contributed by atoms with Crippen molar-refractivity contribution in [1.82, 2.24) is 0 Å². The second-order valence-electron chi connectivity index (χ2n) is 3.99. The fraction of sp³-hybridized carbons (Fsp3) is 0.462. The van der Waals surface area contributed by atoms with Gasteiger partial charge in [-0.25, -0.2) is 0 Å². The van der Waals surface area contributed by atoms with Crippen LogP contribution in [0.3, 0.4) is 0 Å². The summed E-state index contributed by atoms with van der Waals surface area (Å²) in [4.78, 5) is 0. The van der Waals surface area contributed by atoms with Crippen molar-refractivity contribution in [3.8, 4) is 6.07 Å². The van der Waals surface area contributed by atoms with Crippen molar-refractivity contribution in [2.75, 3.05) is 11.9 Å². The monoisotopic (exact) mass is 251 g/mol. The minimum Gasteiger partial charge on any atom is -0.380 e. The maximum absolute atomic E-state index is 9.06. The van der Waals surface area contributed by atoms with Crippen molar-refractivity contribution in [1.29, 1.82) is 5.26 Å². The Labute approximate surface area is 108 Å². The summed E-state index contributed by atoms with van der Waals surface area (Å²) in [5.41, 5.74) is 6.97. The molecule has 1 aromatic carbocycles. The van der Waals surface area contributed by atoms with Crippen molar-refractivity contribution < 1.29 is 0 Å². The summed E-state index contributed by atoms with van der Waals surface area (Å²) in [6.45, 7) is 2.70. The predicted molar refractivity (Wildman–Crippen MR) is 72.2 cm³/mol. The van der Waals surface area contributed by atoms with Gasteiger partial charge >= 0.3 is 0 Å². The number of rotatable bonds is 6.